The highest BCUT2D eigenvalue weighted by atomic mass is 19.4. The molecule has 1 amide bonds. The monoisotopic (exact) mass is 491 g/mol. The van der Waals surface area contributed by atoms with E-state index in [1.165, 1.54) is 31.3 Å². The summed E-state index contributed by atoms with van der Waals surface area (Å²) in [6.45, 7) is 1.57. The van der Waals surface area contributed by atoms with E-state index in [2.05, 4.69) is 20.0 Å². The highest BCUT2D eigenvalue weighted by Crippen LogP contribution is 2.28. The fourth-order valence-electron chi connectivity index (χ4n) is 3.00. The molecule has 1 atom stereocenters. The van der Waals surface area contributed by atoms with Crippen LogP contribution in [0.4, 0.5) is 17.6 Å². The van der Waals surface area contributed by atoms with Crippen LogP contribution in [0.1, 0.15) is 41.5 Å². The zero-order valence-corrected chi connectivity index (χ0v) is 18.7. The van der Waals surface area contributed by atoms with Crippen LogP contribution in [0.3, 0.4) is 0 Å². The zero-order chi connectivity index (χ0) is 25.6. The van der Waals surface area contributed by atoms with Crippen LogP contribution in [0, 0.1) is 5.82 Å². The maximum Gasteiger partial charge on any atom is 0.422 e. The fourth-order valence-corrected chi connectivity index (χ4v) is 3.00. The lowest BCUT2D eigenvalue weighted by atomic mass is 10.1. The molecule has 184 valence electrons. The van der Waals surface area contributed by atoms with Crippen molar-refractivity contribution in [1.82, 2.24) is 15.3 Å². The van der Waals surface area contributed by atoms with Crippen molar-refractivity contribution in [3.05, 3.63) is 77.4 Å². The molecule has 0 aliphatic carbocycles. The van der Waals surface area contributed by atoms with E-state index in [1.54, 1.807) is 19.1 Å². The third kappa shape index (κ3) is 7.76. The molecular weight excluding hydrogens is 470 g/mol. The molecule has 0 spiro atoms. The standard InChI is InChI=1S/C24H21F4N3O4/c1-14(32)11-18-12-16(9-10-29-18)15(2)30-22(33)20-7-8-21(34-13-24(26,27)28)31-23(20)35-19-5-3-17(25)4-6-19/h3-10,12,15H,11,13H2,1-2H3,(H,30,33). The number of amides is 1. The molecular formula is C24H21F4N3O4. The van der Waals surface area contributed by atoms with Crippen molar-refractivity contribution < 1.29 is 36.6 Å². The van der Waals surface area contributed by atoms with Crippen LogP contribution in [-0.4, -0.2) is 34.4 Å². The van der Waals surface area contributed by atoms with Crippen molar-refractivity contribution in [3.8, 4) is 17.5 Å². The summed E-state index contributed by atoms with van der Waals surface area (Å²) in [4.78, 5) is 32.4. The van der Waals surface area contributed by atoms with E-state index in [-0.39, 0.29) is 29.4 Å². The predicted molar refractivity (Wildman–Crippen MR) is 117 cm³/mol. The number of carbonyl (C=O) groups is 2. The topological polar surface area (TPSA) is 90.4 Å². The first-order valence-corrected chi connectivity index (χ1v) is 10.4. The Hall–Kier alpha value is -4.02. The van der Waals surface area contributed by atoms with E-state index in [4.69, 9.17) is 4.74 Å². The number of rotatable bonds is 9. The van der Waals surface area contributed by atoms with Gasteiger partial charge in [0.1, 0.15) is 22.9 Å². The van der Waals surface area contributed by atoms with Gasteiger partial charge in [-0.1, -0.05) is 0 Å². The van der Waals surface area contributed by atoms with E-state index in [0.29, 0.717) is 11.3 Å². The van der Waals surface area contributed by atoms with Crippen molar-refractivity contribution in [1.29, 1.82) is 0 Å². The maximum absolute atomic E-state index is 13.2. The van der Waals surface area contributed by atoms with Gasteiger partial charge in [-0.2, -0.15) is 18.2 Å². The van der Waals surface area contributed by atoms with Gasteiger partial charge in [0.15, 0.2) is 6.61 Å². The second-order valence-corrected chi connectivity index (χ2v) is 7.62. The number of nitrogens with one attached hydrogen (secondary N) is 1. The molecule has 2 aromatic heterocycles. The molecule has 35 heavy (non-hydrogen) atoms. The van der Waals surface area contributed by atoms with Crippen LogP contribution in [0.25, 0.3) is 0 Å². The number of aromatic nitrogens is 2. The minimum absolute atomic E-state index is 0.0622. The van der Waals surface area contributed by atoms with Crippen LogP contribution in [0.5, 0.6) is 17.5 Å². The smallest absolute Gasteiger partial charge is 0.422 e. The van der Waals surface area contributed by atoms with Crippen LogP contribution in [-0.2, 0) is 11.2 Å². The highest BCUT2D eigenvalue weighted by Gasteiger charge is 2.29. The molecule has 0 radical (unpaired) electrons. The molecule has 1 unspecified atom stereocenters. The summed E-state index contributed by atoms with van der Waals surface area (Å²) in [7, 11) is 0. The molecule has 7 nitrogen and oxygen atoms in total. The molecule has 11 heteroatoms. The summed E-state index contributed by atoms with van der Waals surface area (Å²) in [6, 6.07) is 9.96. The normalized spacial score (nSPS) is 12.1. The second kappa shape index (κ2) is 10.9. The number of alkyl halides is 3. The summed E-state index contributed by atoms with van der Waals surface area (Å²) < 4.78 is 61.0. The lowest BCUT2D eigenvalue weighted by Gasteiger charge is -2.17. The number of ketones is 1. The SMILES string of the molecule is CC(=O)Cc1cc(C(C)NC(=O)c2ccc(OCC(F)(F)F)nc2Oc2ccc(F)cc2)ccn1. The second-order valence-electron chi connectivity index (χ2n) is 7.62. The Balaban J connectivity index is 1.84. The zero-order valence-electron chi connectivity index (χ0n) is 18.7. The van der Waals surface area contributed by atoms with Gasteiger partial charge in [0, 0.05) is 24.4 Å². The van der Waals surface area contributed by atoms with E-state index in [9.17, 15) is 27.2 Å². The van der Waals surface area contributed by atoms with E-state index in [0.717, 1.165) is 18.2 Å². The van der Waals surface area contributed by atoms with Gasteiger partial charge < -0.3 is 14.8 Å². The predicted octanol–water partition coefficient (Wildman–Crippen LogP) is 4.97. The number of hydrogen-bond donors (Lipinski definition) is 1. The summed E-state index contributed by atoms with van der Waals surface area (Å²) in [5.41, 5.74) is 1.14. The van der Waals surface area contributed by atoms with Crippen molar-refractivity contribution in [3.63, 3.8) is 0 Å². The van der Waals surface area contributed by atoms with Gasteiger partial charge in [0.25, 0.3) is 5.91 Å². The molecule has 2 heterocycles. The van der Waals surface area contributed by atoms with Crippen molar-refractivity contribution in [2.75, 3.05) is 6.61 Å². The lowest BCUT2D eigenvalue weighted by molar-refractivity contribution is -0.154. The van der Waals surface area contributed by atoms with Crippen molar-refractivity contribution in [2.45, 2.75) is 32.5 Å². The Morgan fingerprint density at radius 1 is 1.09 bits per heavy atom. The number of nitrogens with zero attached hydrogens (tertiary/aromatic N) is 2. The van der Waals surface area contributed by atoms with Crippen molar-refractivity contribution >= 4 is 11.7 Å². The third-order valence-corrected chi connectivity index (χ3v) is 4.61. The Morgan fingerprint density at radius 3 is 2.46 bits per heavy atom. The van der Waals surface area contributed by atoms with Gasteiger partial charge in [0.05, 0.1) is 6.04 Å². The van der Waals surface area contributed by atoms with E-state index >= 15 is 0 Å². The Kier molecular flexibility index (Phi) is 8.00. The quantitative estimate of drug-likeness (QED) is 0.425. The van der Waals surface area contributed by atoms with Gasteiger partial charge in [-0.15, -0.1) is 0 Å². The highest BCUT2D eigenvalue weighted by molar-refractivity contribution is 5.96. The van der Waals surface area contributed by atoms with Gasteiger partial charge in [-0.25, -0.2) is 4.39 Å². The Morgan fingerprint density at radius 2 is 1.80 bits per heavy atom. The van der Waals surface area contributed by atoms with Crippen molar-refractivity contribution in [2.24, 2.45) is 0 Å². The first-order valence-electron chi connectivity index (χ1n) is 10.4. The third-order valence-electron chi connectivity index (χ3n) is 4.61. The number of pyridine rings is 2. The average Bonchev–Trinajstić information content (AvgIpc) is 2.78. The minimum atomic E-state index is -4.59. The molecule has 0 aliphatic heterocycles. The summed E-state index contributed by atoms with van der Waals surface area (Å²) in [5, 5.41) is 2.75. The van der Waals surface area contributed by atoms with Gasteiger partial charge >= 0.3 is 6.18 Å². The van der Waals surface area contributed by atoms with Gasteiger partial charge in [0.2, 0.25) is 11.8 Å². The number of ether oxygens (including phenoxy) is 2. The molecule has 3 rings (SSSR count). The molecule has 0 saturated heterocycles. The fraction of sp³-hybridized carbons (Fsp3) is 0.250. The van der Waals surface area contributed by atoms with E-state index < -0.39 is 36.4 Å². The molecule has 0 fully saturated rings. The summed E-state index contributed by atoms with van der Waals surface area (Å²) >= 11 is 0. The number of hydrogen-bond acceptors (Lipinski definition) is 6. The Bertz CT molecular complexity index is 1200. The molecule has 0 saturated carbocycles. The van der Waals surface area contributed by atoms with Crippen LogP contribution < -0.4 is 14.8 Å². The number of benzene rings is 1. The molecule has 1 aromatic carbocycles. The van der Waals surface area contributed by atoms with E-state index in [1.807, 2.05) is 0 Å². The largest absolute Gasteiger partial charge is 0.468 e. The van der Waals surface area contributed by atoms with Gasteiger partial charge in [-0.3, -0.25) is 14.6 Å². The Labute approximate surface area is 198 Å². The van der Waals surface area contributed by atoms with Crippen LogP contribution in [0.2, 0.25) is 0 Å². The molecule has 0 bridgehead atoms. The number of Topliss-reactive ketones (excluding diaryl/α,β-unsaturated/α-hetero) is 1. The molecule has 1 N–H and O–H groups in total. The average molecular weight is 491 g/mol. The molecule has 0 aliphatic rings. The first-order chi connectivity index (χ1) is 16.5. The van der Waals surface area contributed by atoms with Crippen LogP contribution in [0.15, 0.2) is 54.7 Å². The van der Waals surface area contributed by atoms with Crippen LogP contribution >= 0.6 is 0 Å². The van der Waals surface area contributed by atoms with Gasteiger partial charge in [-0.05, 0) is 61.9 Å². The first kappa shape index (κ1) is 25.6. The number of carbonyl (C=O) groups excluding carboxylic acids is 2. The summed E-state index contributed by atoms with van der Waals surface area (Å²) in [6.07, 6.45) is -2.92. The maximum atomic E-state index is 13.2. The minimum Gasteiger partial charge on any atom is -0.468 e. The molecule has 3 aromatic rings. The summed E-state index contributed by atoms with van der Waals surface area (Å²) in [5.74, 6) is -1.85. The number of halogens is 4. The lowest BCUT2D eigenvalue weighted by Crippen LogP contribution is -2.27.